The van der Waals surface area contributed by atoms with Crippen LogP contribution in [0.1, 0.15) is 34.1 Å². The molecule has 1 saturated heterocycles. The van der Waals surface area contributed by atoms with E-state index in [1.165, 1.54) is 6.20 Å². The lowest BCUT2D eigenvalue weighted by molar-refractivity contribution is 0.0651. The van der Waals surface area contributed by atoms with Gasteiger partial charge in [0.15, 0.2) is 5.82 Å². The van der Waals surface area contributed by atoms with Crippen LogP contribution in [0.2, 0.25) is 0 Å². The number of nitrogens with one attached hydrogen (secondary N) is 1. The maximum atomic E-state index is 12.9. The highest BCUT2D eigenvalue weighted by atomic mass is 16.5. The Bertz CT molecular complexity index is 1160. The molecule has 1 aliphatic rings. The lowest BCUT2D eigenvalue weighted by Gasteiger charge is -2.30. The summed E-state index contributed by atoms with van der Waals surface area (Å²) in [5, 5.41) is 6.92. The first kappa shape index (κ1) is 23.2. The highest BCUT2D eigenvalue weighted by Crippen LogP contribution is 2.28. The summed E-state index contributed by atoms with van der Waals surface area (Å²) < 4.78 is 18.5. The molecule has 2 amide bonds. The van der Waals surface area contributed by atoms with Crippen LogP contribution >= 0.6 is 0 Å². The normalized spacial score (nSPS) is 13.7. The minimum Gasteiger partial charge on any atom is -0.488 e. The molecule has 0 radical (unpaired) electrons. The monoisotopic (exact) mass is 465 g/mol. The van der Waals surface area contributed by atoms with Crippen LogP contribution in [-0.2, 0) is 11.8 Å². The number of ether oxygens (including phenoxy) is 3. The number of hydrogen-bond donors (Lipinski definition) is 1. The molecule has 0 spiro atoms. The summed E-state index contributed by atoms with van der Waals surface area (Å²) >= 11 is 0. The van der Waals surface area contributed by atoms with Gasteiger partial charge in [0.2, 0.25) is 5.88 Å². The van der Waals surface area contributed by atoms with E-state index in [1.807, 2.05) is 6.92 Å². The zero-order valence-corrected chi connectivity index (χ0v) is 19.4. The molecule has 2 aromatic heterocycles. The van der Waals surface area contributed by atoms with Crippen molar-refractivity contribution in [2.45, 2.75) is 19.4 Å². The number of anilines is 1. The zero-order chi connectivity index (χ0) is 24.1. The van der Waals surface area contributed by atoms with E-state index in [1.54, 1.807) is 66.3 Å². The number of aromatic nitrogens is 3. The maximum Gasteiger partial charge on any atom is 0.257 e. The molecular formula is C24H27N5O5. The van der Waals surface area contributed by atoms with Crippen LogP contribution in [0.4, 0.5) is 5.82 Å². The van der Waals surface area contributed by atoms with E-state index in [2.05, 4.69) is 15.4 Å². The Labute approximate surface area is 197 Å². The molecule has 1 aromatic carbocycles. The first-order chi connectivity index (χ1) is 16.4. The smallest absolute Gasteiger partial charge is 0.257 e. The molecule has 178 valence electrons. The lowest BCUT2D eigenvalue weighted by atomic mass is 10.1. The average Bonchev–Trinajstić information content (AvgIpc) is 3.17. The number of aryl methyl sites for hydroxylation is 1. The van der Waals surface area contributed by atoms with Crippen LogP contribution < -0.4 is 14.8 Å². The van der Waals surface area contributed by atoms with Crippen molar-refractivity contribution in [3.63, 3.8) is 0 Å². The molecule has 1 aliphatic heterocycles. The highest BCUT2D eigenvalue weighted by Gasteiger charge is 2.22. The maximum absolute atomic E-state index is 12.9. The Hall–Kier alpha value is -3.92. The summed E-state index contributed by atoms with van der Waals surface area (Å²) in [7, 11) is 3.36. The van der Waals surface area contributed by atoms with Gasteiger partial charge in [0.25, 0.3) is 11.8 Å². The third-order valence-electron chi connectivity index (χ3n) is 5.19. The number of carbonyl (C=O) groups excluding carboxylic acids is 2. The largest absolute Gasteiger partial charge is 0.488 e. The van der Waals surface area contributed by atoms with Crippen molar-refractivity contribution in [2.75, 3.05) is 32.1 Å². The summed E-state index contributed by atoms with van der Waals surface area (Å²) in [5.74, 6) is 1.12. The van der Waals surface area contributed by atoms with E-state index in [-0.39, 0.29) is 17.9 Å². The summed E-state index contributed by atoms with van der Waals surface area (Å²) in [6.45, 7) is 3.79. The fraction of sp³-hybridized carbons (Fsp3) is 0.333. The molecule has 3 heterocycles. The molecule has 0 saturated carbocycles. The minimum absolute atomic E-state index is 0.0405. The number of nitrogens with zero attached hydrogens (tertiary/aromatic N) is 4. The van der Waals surface area contributed by atoms with Crippen LogP contribution in [-0.4, -0.2) is 64.4 Å². The van der Waals surface area contributed by atoms with Crippen molar-refractivity contribution in [3.05, 3.63) is 59.9 Å². The van der Waals surface area contributed by atoms with Crippen molar-refractivity contribution in [1.82, 2.24) is 19.7 Å². The Morgan fingerprint density at radius 2 is 1.91 bits per heavy atom. The molecule has 34 heavy (non-hydrogen) atoms. The molecule has 0 unspecified atom stereocenters. The van der Waals surface area contributed by atoms with E-state index in [0.29, 0.717) is 40.9 Å². The van der Waals surface area contributed by atoms with Crippen molar-refractivity contribution in [2.24, 2.45) is 7.05 Å². The van der Waals surface area contributed by atoms with Gasteiger partial charge in [0, 0.05) is 63.4 Å². The van der Waals surface area contributed by atoms with Gasteiger partial charge in [0.05, 0.1) is 12.2 Å². The lowest BCUT2D eigenvalue weighted by Crippen LogP contribution is -2.42. The predicted octanol–water partition coefficient (Wildman–Crippen LogP) is 3.12. The number of benzene rings is 1. The SMILES string of the molecule is COC[C@H](C)Oc1cc(Oc2ccc(C(=O)N3CCC3)cn2)cc(C(=O)Nc2ccn(C)n2)c1. The second kappa shape index (κ2) is 10.3. The Morgan fingerprint density at radius 1 is 1.12 bits per heavy atom. The van der Waals surface area contributed by atoms with Crippen LogP contribution in [0.3, 0.4) is 0 Å². The first-order valence-electron chi connectivity index (χ1n) is 11.0. The van der Waals surface area contributed by atoms with Gasteiger partial charge in [-0.25, -0.2) is 4.98 Å². The van der Waals surface area contributed by atoms with Crippen molar-refractivity contribution in [3.8, 4) is 17.4 Å². The molecular weight excluding hydrogens is 438 g/mol. The van der Waals surface area contributed by atoms with E-state index in [4.69, 9.17) is 14.2 Å². The van der Waals surface area contributed by atoms with Gasteiger partial charge in [-0.1, -0.05) is 0 Å². The summed E-state index contributed by atoms with van der Waals surface area (Å²) in [6, 6.07) is 9.89. The molecule has 0 bridgehead atoms. The minimum atomic E-state index is -0.364. The average molecular weight is 466 g/mol. The van der Waals surface area contributed by atoms with Gasteiger partial charge in [-0.3, -0.25) is 14.3 Å². The van der Waals surface area contributed by atoms with Gasteiger partial charge in [-0.15, -0.1) is 0 Å². The molecule has 3 aromatic rings. The first-order valence-corrected chi connectivity index (χ1v) is 11.0. The van der Waals surface area contributed by atoms with Gasteiger partial charge < -0.3 is 24.4 Å². The number of pyridine rings is 1. The van der Waals surface area contributed by atoms with Crippen molar-refractivity contribution < 1.29 is 23.8 Å². The van der Waals surface area contributed by atoms with Crippen LogP contribution in [0.25, 0.3) is 0 Å². The molecule has 1 fully saturated rings. The number of methoxy groups -OCH3 is 1. The van der Waals surface area contributed by atoms with E-state index in [0.717, 1.165) is 19.5 Å². The van der Waals surface area contributed by atoms with Gasteiger partial charge in [-0.05, 0) is 31.5 Å². The van der Waals surface area contributed by atoms with E-state index in [9.17, 15) is 9.59 Å². The van der Waals surface area contributed by atoms with Gasteiger partial charge >= 0.3 is 0 Å². The summed E-state index contributed by atoms with van der Waals surface area (Å²) in [4.78, 5) is 31.2. The molecule has 10 nitrogen and oxygen atoms in total. The van der Waals surface area contributed by atoms with E-state index < -0.39 is 0 Å². The quantitative estimate of drug-likeness (QED) is 0.517. The van der Waals surface area contributed by atoms with Gasteiger partial charge in [-0.2, -0.15) is 5.10 Å². The molecule has 0 aliphatic carbocycles. The van der Waals surface area contributed by atoms with Crippen molar-refractivity contribution in [1.29, 1.82) is 0 Å². The number of carbonyl (C=O) groups is 2. The number of likely N-dealkylation sites (tertiary alicyclic amines) is 1. The molecule has 1 N–H and O–H groups in total. The standard InChI is InChI=1S/C24H27N5O5/c1-16(15-32-3)33-19-11-18(23(30)26-21-7-10-28(2)27-21)12-20(13-19)34-22-6-5-17(14-25-22)24(31)29-8-4-9-29/h5-7,10-14,16H,4,8-9,15H2,1-3H3,(H,26,27,30)/t16-/m0/s1. The second-order valence-electron chi connectivity index (χ2n) is 8.04. The Balaban J connectivity index is 1.54. The predicted molar refractivity (Wildman–Crippen MR) is 124 cm³/mol. The third-order valence-corrected chi connectivity index (χ3v) is 5.19. The number of hydrogen-bond acceptors (Lipinski definition) is 7. The second-order valence-corrected chi connectivity index (χ2v) is 8.04. The van der Waals surface area contributed by atoms with Crippen LogP contribution in [0.15, 0.2) is 48.8 Å². The molecule has 10 heteroatoms. The zero-order valence-electron chi connectivity index (χ0n) is 19.4. The summed E-state index contributed by atoms with van der Waals surface area (Å²) in [6.07, 6.45) is 4.01. The fourth-order valence-corrected chi connectivity index (χ4v) is 3.39. The Morgan fingerprint density at radius 3 is 2.53 bits per heavy atom. The van der Waals surface area contributed by atoms with Crippen LogP contribution in [0.5, 0.6) is 17.4 Å². The summed E-state index contributed by atoms with van der Waals surface area (Å²) in [5.41, 5.74) is 0.834. The van der Waals surface area contributed by atoms with E-state index >= 15 is 0 Å². The fourth-order valence-electron chi connectivity index (χ4n) is 3.39. The number of rotatable bonds is 9. The topological polar surface area (TPSA) is 108 Å². The molecule has 1 atom stereocenters. The highest BCUT2D eigenvalue weighted by molar-refractivity contribution is 6.04. The molecule has 4 rings (SSSR count). The third kappa shape index (κ3) is 5.70. The number of amides is 2. The van der Waals surface area contributed by atoms with Crippen LogP contribution in [0, 0.1) is 0 Å². The van der Waals surface area contributed by atoms with Crippen molar-refractivity contribution >= 4 is 17.6 Å². The Kier molecular flexibility index (Phi) is 7.07. The van der Waals surface area contributed by atoms with Gasteiger partial charge in [0.1, 0.15) is 17.6 Å².